The van der Waals surface area contributed by atoms with Gasteiger partial charge >= 0.3 is 0 Å². The van der Waals surface area contributed by atoms with E-state index in [1.54, 1.807) is 7.05 Å². The fourth-order valence-corrected chi connectivity index (χ4v) is 5.92. The molecular weight excluding hydrogens is 390 g/mol. The van der Waals surface area contributed by atoms with Crippen molar-refractivity contribution in [2.24, 2.45) is 0 Å². The smallest absolute Gasteiger partial charge is 0.279 e. The predicted molar refractivity (Wildman–Crippen MR) is 106 cm³/mol. The number of aryl methyl sites for hydroxylation is 3. The maximum Gasteiger partial charge on any atom is 0.279 e. The molecule has 3 atom stereocenters. The topological polar surface area (TPSA) is 96.8 Å². The van der Waals surface area contributed by atoms with Crippen molar-refractivity contribution in [2.75, 3.05) is 37.0 Å². The summed E-state index contributed by atoms with van der Waals surface area (Å²) in [4.78, 5) is 25.1. The Kier molecular flexibility index (Phi) is 6.88. The summed E-state index contributed by atoms with van der Waals surface area (Å²) in [7, 11) is -1.47. The van der Waals surface area contributed by atoms with Crippen LogP contribution in [0, 0.1) is 20.8 Å². The summed E-state index contributed by atoms with van der Waals surface area (Å²) in [6, 6.07) is 3.43. The monoisotopic (exact) mass is 416 g/mol. The van der Waals surface area contributed by atoms with Crippen molar-refractivity contribution < 1.29 is 22.9 Å². The van der Waals surface area contributed by atoms with Crippen LogP contribution in [-0.2, 0) is 19.4 Å². The minimum absolute atomic E-state index is 0.0550. The average molecular weight is 417 g/mol. The van der Waals surface area contributed by atoms with Crippen LogP contribution in [0.1, 0.15) is 16.7 Å². The van der Waals surface area contributed by atoms with Crippen LogP contribution in [0.5, 0.6) is 0 Å². The third kappa shape index (κ3) is 6.19. The maximum atomic E-state index is 12.3. The third-order valence-electron chi connectivity index (χ3n) is 4.50. The molecule has 9 heteroatoms. The van der Waals surface area contributed by atoms with E-state index in [1.165, 1.54) is 0 Å². The first-order valence-corrected chi connectivity index (χ1v) is 11.1. The second-order valence-electron chi connectivity index (χ2n) is 7.40. The Labute approximate surface area is 165 Å². The summed E-state index contributed by atoms with van der Waals surface area (Å²) in [5.74, 6) is -0.775. The normalized spacial score (nSPS) is 22.3. The van der Waals surface area contributed by atoms with Crippen molar-refractivity contribution in [2.45, 2.75) is 32.2 Å². The Morgan fingerprint density at radius 1 is 1.11 bits per heavy atom. The van der Waals surface area contributed by atoms with E-state index in [1.807, 2.05) is 32.9 Å². The number of sulfone groups is 1. The highest BCUT2D eigenvalue weighted by atomic mass is 35.5. The summed E-state index contributed by atoms with van der Waals surface area (Å²) in [5, 5.41) is 4.95. The lowest BCUT2D eigenvalue weighted by Gasteiger charge is -2.18. The summed E-state index contributed by atoms with van der Waals surface area (Å²) < 4.78 is 23.1. The van der Waals surface area contributed by atoms with E-state index in [0.29, 0.717) is 4.90 Å². The molecule has 2 amide bonds. The zero-order chi connectivity index (χ0) is 20.4. The van der Waals surface area contributed by atoms with Crippen LogP contribution in [0.25, 0.3) is 0 Å². The molecule has 0 aliphatic carbocycles. The largest absolute Gasteiger partial charge is 0.346 e. The molecule has 1 aliphatic rings. The Bertz CT molecular complexity index is 818. The van der Waals surface area contributed by atoms with E-state index < -0.39 is 21.3 Å². The van der Waals surface area contributed by atoms with Crippen molar-refractivity contribution in [3.05, 3.63) is 28.8 Å². The molecule has 150 valence electrons. The Morgan fingerprint density at radius 3 is 2.19 bits per heavy atom. The van der Waals surface area contributed by atoms with Crippen molar-refractivity contribution in [3.63, 3.8) is 0 Å². The zero-order valence-corrected chi connectivity index (χ0v) is 17.6. The first-order chi connectivity index (χ1) is 12.5. The van der Waals surface area contributed by atoms with Gasteiger partial charge in [0, 0.05) is 5.69 Å². The van der Waals surface area contributed by atoms with Gasteiger partial charge in [0.05, 0.1) is 30.0 Å². The van der Waals surface area contributed by atoms with Gasteiger partial charge in [-0.1, -0.05) is 17.7 Å². The SMILES string of the molecule is Cc1cc(C)c(NC(=O)C[NH+](C)CC(=O)N[C@@H]2CS(=O)(=O)C[C@@H]2Cl)c(C)c1. The van der Waals surface area contributed by atoms with Crippen molar-refractivity contribution in [1.82, 2.24) is 5.32 Å². The highest BCUT2D eigenvalue weighted by Gasteiger charge is 2.37. The van der Waals surface area contributed by atoms with Crippen LogP contribution >= 0.6 is 11.6 Å². The quantitative estimate of drug-likeness (QED) is 0.549. The van der Waals surface area contributed by atoms with E-state index in [-0.39, 0.29) is 36.4 Å². The van der Waals surface area contributed by atoms with Crippen molar-refractivity contribution in [3.8, 4) is 0 Å². The molecule has 0 saturated carbocycles. The van der Waals surface area contributed by atoms with Crippen LogP contribution in [-0.4, -0.2) is 63.3 Å². The van der Waals surface area contributed by atoms with E-state index in [4.69, 9.17) is 11.6 Å². The second-order valence-corrected chi connectivity index (χ2v) is 10.1. The van der Waals surface area contributed by atoms with Gasteiger partial charge in [0.1, 0.15) is 0 Å². The number of carbonyl (C=O) groups is 2. The minimum atomic E-state index is -3.20. The van der Waals surface area contributed by atoms with Gasteiger partial charge in [0.25, 0.3) is 11.8 Å². The van der Waals surface area contributed by atoms with Crippen LogP contribution in [0.2, 0.25) is 0 Å². The number of halogens is 1. The number of amides is 2. The molecule has 1 aromatic rings. The molecule has 7 nitrogen and oxygen atoms in total. The number of alkyl halides is 1. The fraction of sp³-hybridized carbons (Fsp3) is 0.556. The lowest BCUT2D eigenvalue weighted by Crippen LogP contribution is -3.11. The fourth-order valence-electron chi connectivity index (χ4n) is 3.37. The maximum absolute atomic E-state index is 12.3. The molecule has 1 heterocycles. The highest BCUT2D eigenvalue weighted by Crippen LogP contribution is 2.21. The molecule has 0 spiro atoms. The number of benzene rings is 1. The number of hydrogen-bond donors (Lipinski definition) is 3. The number of anilines is 1. The predicted octanol–water partition coefficient (Wildman–Crippen LogP) is -0.414. The first-order valence-electron chi connectivity index (χ1n) is 8.79. The Morgan fingerprint density at radius 2 is 1.67 bits per heavy atom. The molecule has 0 bridgehead atoms. The average Bonchev–Trinajstić information content (AvgIpc) is 2.74. The zero-order valence-electron chi connectivity index (χ0n) is 16.1. The summed E-state index contributed by atoms with van der Waals surface area (Å²) >= 11 is 5.99. The molecule has 1 aromatic carbocycles. The van der Waals surface area contributed by atoms with Gasteiger partial charge in [0.2, 0.25) is 0 Å². The van der Waals surface area contributed by atoms with Crippen molar-refractivity contribution in [1.29, 1.82) is 0 Å². The van der Waals surface area contributed by atoms with Gasteiger partial charge in [-0.05, 0) is 31.9 Å². The lowest BCUT2D eigenvalue weighted by atomic mass is 10.1. The third-order valence-corrected chi connectivity index (χ3v) is 6.87. The minimum Gasteiger partial charge on any atom is -0.346 e. The second kappa shape index (κ2) is 8.58. The van der Waals surface area contributed by atoms with Gasteiger partial charge < -0.3 is 15.5 Å². The van der Waals surface area contributed by atoms with Crippen LogP contribution in [0.4, 0.5) is 5.69 Å². The number of carbonyl (C=O) groups excluding carboxylic acids is 2. The molecule has 3 N–H and O–H groups in total. The van der Waals surface area contributed by atoms with Gasteiger partial charge in [0.15, 0.2) is 22.9 Å². The highest BCUT2D eigenvalue weighted by molar-refractivity contribution is 7.91. The molecule has 1 aliphatic heterocycles. The van der Waals surface area contributed by atoms with Crippen LogP contribution in [0.15, 0.2) is 12.1 Å². The van der Waals surface area contributed by atoms with E-state index in [9.17, 15) is 18.0 Å². The molecule has 27 heavy (non-hydrogen) atoms. The number of quaternary nitrogens is 1. The number of rotatable bonds is 6. The molecule has 1 saturated heterocycles. The Hall–Kier alpha value is -1.64. The van der Waals surface area contributed by atoms with E-state index in [2.05, 4.69) is 10.6 Å². The van der Waals surface area contributed by atoms with Gasteiger partial charge in [-0.25, -0.2) is 8.42 Å². The summed E-state index contributed by atoms with van der Waals surface area (Å²) in [6.45, 7) is 6.06. The molecule has 0 aromatic heterocycles. The number of likely N-dealkylation sites (N-methyl/N-ethyl adjacent to an activating group) is 1. The number of hydrogen-bond acceptors (Lipinski definition) is 4. The van der Waals surface area contributed by atoms with Crippen LogP contribution in [0.3, 0.4) is 0 Å². The molecule has 1 unspecified atom stereocenters. The summed E-state index contributed by atoms with van der Waals surface area (Å²) in [6.07, 6.45) is 0. The Balaban J connectivity index is 1.85. The number of nitrogens with one attached hydrogen (secondary N) is 3. The molecule has 2 rings (SSSR count). The first kappa shape index (κ1) is 21.7. The molecule has 0 radical (unpaired) electrons. The lowest BCUT2D eigenvalue weighted by molar-refractivity contribution is -0.862. The van der Waals surface area contributed by atoms with Gasteiger partial charge in [-0.2, -0.15) is 0 Å². The van der Waals surface area contributed by atoms with Crippen LogP contribution < -0.4 is 15.5 Å². The van der Waals surface area contributed by atoms with Crippen molar-refractivity contribution >= 4 is 38.9 Å². The van der Waals surface area contributed by atoms with E-state index >= 15 is 0 Å². The standard InChI is InChI=1S/C18H26ClN3O4S/c1-11-5-12(2)18(13(3)6-11)21-17(24)8-22(4)7-16(23)20-15-10-27(25,26)9-14(15)19/h5-6,14-15H,7-10H2,1-4H3,(H,20,23)(H,21,24)/p+1/t14-,15+/m0/s1. The van der Waals surface area contributed by atoms with E-state index in [0.717, 1.165) is 22.4 Å². The molecular formula is C18H27ClN3O4S+. The summed E-state index contributed by atoms with van der Waals surface area (Å²) in [5.41, 5.74) is 3.91. The molecule has 1 fully saturated rings. The van der Waals surface area contributed by atoms with Gasteiger partial charge in [-0.3, -0.25) is 9.59 Å². The van der Waals surface area contributed by atoms with Gasteiger partial charge in [-0.15, -0.1) is 11.6 Å².